The van der Waals surface area contributed by atoms with Gasteiger partial charge >= 0.3 is 0 Å². The van der Waals surface area contributed by atoms with Crippen LogP contribution in [-0.4, -0.2) is 34.5 Å². The molecule has 0 atom stereocenters. The Bertz CT molecular complexity index is 1060. The van der Waals surface area contributed by atoms with Crippen LogP contribution < -0.4 is 4.72 Å². The minimum absolute atomic E-state index is 0.309. The number of aryl methyl sites for hydroxylation is 3. The molecule has 0 bridgehead atoms. The third-order valence-electron chi connectivity index (χ3n) is 5.00. The summed E-state index contributed by atoms with van der Waals surface area (Å²) >= 11 is 0. The number of nitrogens with zero attached hydrogens (tertiary/aromatic N) is 4. The van der Waals surface area contributed by atoms with Gasteiger partial charge in [0.1, 0.15) is 0 Å². The first-order chi connectivity index (χ1) is 12.5. The highest BCUT2D eigenvalue weighted by Gasteiger charge is 2.28. The number of rotatable bonds is 5. The molecular formula is C18H23N5O2S. The molecule has 1 N–H and O–H groups in total. The second-order valence-corrected chi connectivity index (χ2v) is 8.48. The molecule has 0 spiro atoms. The Morgan fingerprint density at radius 3 is 2.69 bits per heavy atom. The Morgan fingerprint density at radius 1 is 1.08 bits per heavy atom. The lowest BCUT2D eigenvalue weighted by molar-refractivity contribution is 0.560. The Kier molecular flexibility index (Phi) is 4.32. The van der Waals surface area contributed by atoms with Crippen molar-refractivity contribution in [2.75, 3.05) is 6.54 Å². The van der Waals surface area contributed by atoms with Crippen molar-refractivity contribution in [3.8, 4) is 0 Å². The summed E-state index contributed by atoms with van der Waals surface area (Å²) in [6, 6.07) is 7.98. The van der Waals surface area contributed by atoms with Crippen LogP contribution in [0.5, 0.6) is 0 Å². The molecule has 26 heavy (non-hydrogen) atoms. The summed E-state index contributed by atoms with van der Waals surface area (Å²) in [5, 5.41) is 10.3. The van der Waals surface area contributed by atoms with Crippen molar-refractivity contribution >= 4 is 20.9 Å². The van der Waals surface area contributed by atoms with Crippen molar-refractivity contribution in [1.82, 2.24) is 24.3 Å². The normalized spacial score (nSPS) is 14.7. The van der Waals surface area contributed by atoms with Gasteiger partial charge < -0.3 is 0 Å². The zero-order chi connectivity index (χ0) is 18.3. The van der Waals surface area contributed by atoms with Crippen molar-refractivity contribution in [1.29, 1.82) is 0 Å². The molecular weight excluding hydrogens is 350 g/mol. The first kappa shape index (κ1) is 17.2. The van der Waals surface area contributed by atoms with Crippen LogP contribution in [0.4, 0.5) is 0 Å². The molecule has 138 valence electrons. The predicted octanol–water partition coefficient (Wildman–Crippen LogP) is 1.71. The molecule has 2 aromatic heterocycles. The summed E-state index contributed by atoms with van der Waals surface area (Å²) in [6.45, 7) is 0.309. The van der Waals surface area contributed by atoms with E-state index in [1.165, 1.54) is 4.68 Å². The average molecular weight is 373 g/mol. The van der Waals surface area contributed by atoms with E-state index in [0.717, 1.165) is 53.5 Å². The van der Waals surface area contributed by atoms with Gasteiger partial charge in [-0.2, -0.15) is 10.2 Å². The standard InChI is InChI=1S/C18H23N5O2S/c1-22-17-10-6-4-7-13(17)16(20-22)11-12-19-26(24,25)18-14-8-3-5-9-15(14)21-23(18)2/h4,6-7,10,19H,3,5,8-9,11-12H2,1-2H3. The van der Waals surface area contributed by atoms with E-state index >= 15 is 0 Å². The number of nitrogens with one attached hydrogen (secondary N) is 1. The topological polar surface area (TPSA) is 81.8 Å². The summed E-state index contributed by atoms with van der Waals surface area (Å²) < 4.78 is 31.8. The van der Waals surface area contributed by atoms with Crippen molar-refractivity contribution in [2.24, 2.45) is 14.1 Å². The number of benzene rings is 1. The van der Waals surface area contributed by atoms with Gasteiger partial charge in [-0.1, -0.05) is 18.2 Å². The highest BCUT2D eigenvalue weighted by Crippen LogP contribution is 2.26. The molecule has 7 nitrogen and oxygen atoms in total. The smallest absolute Gasteiger partial charge is 0.258 e. The Morgan fingerprint density at radius 2 is 1.85 bits per heavy atom. The first-order valence-corrected chi connectivity index (χ1v) is 10.4. The fraction of sp³-hybridized carbons (Fsp3) is 0.444. The lowest BCUT2D eigenvalue weighted by Crippen LogP contribution is -2.29. The second-order valence-electron chi connectivity index (χ2n) is 6.80. The predicted molar refractivity (Wildman–Crippen MR) is 99.5 cm³/mol. The number of hydrogen-bond acceptors (Lipinski definition) is 4. The molecule has 0 saturated carbocycles. The first-order valence-electron chi connectivity index (χ1n) is 8.92. The van der Waals surface area contributed by atoms with Crippen LogP contribution in [0.3, 0.4) is 0 Å². The molecule has 1 aliphatic carbocycles. The van der Waals surface area contributed by atoms with Crippen LogP contribution >= 0.6 is 0 Å². The molecule has 3 aromatic rings. The molecule has 0 unspecified atom stereocenters. The van der Waals surface area contributed by atoms with Gasteiger partial charge in [0, 0.05) is 38.0 Å². The van der Waals surface area contributed by atoms with Gasteiger partial charge in [-0.25, -0.2) is 13.1 Å². The summed E-state index contributed by atoms with van der Waals surface area (Å²) in [5.74, 6) is 0. The van der Waals surface area contributed by atoms with Crippen LogP contribution in [0, 0.1) is 0 Å². The zero-order valence-electron chi connectivity index (χ0n) is 15.1. The molecule has 0 saturated heterocycles. The van der Waals surface area contributed by atoms with Crippen LogP contribution in [0.2, 0.25) is 0 Å². The number of sulfonamides is 1. The maximum absolute atomic E-state index is 12.8. The van der Waals surface area contributed by atoms with E-state index in [2.05, 4.69) is 14.9 Å². The highest BCUT2D eigenvalue weighted by atomic mass is 32.2. The minimum atomic E-state index is -3.59. The second kappa shape index (κ2) is 6.51. The Hall–Kier alpha value is -2.19. The van der Waals surface area contributed by atoms with Crippen LogP contribution in [0.1, 0.15) is 29.8 Å². The Labute approximate surface area is 153 Å². The van der Waals surface area contributed by atoms with E-state index in [-0.39, 0.29) is 0 Å². The highest BCUT2D eigenvalue weighted by molar-refractivity contribution is 7.89. The van der Waals surface area contributed by atoms with Gasteiger partial charge in [-0.15, -0.1) is 0 Å². The van der Waals surface area contributed by atoms with Crippen LogP contribution in [0.25, 0.3) is 10.9 Å². The van der Waals surface area contributed by atoms with E-state index < -0.39 is 10.0 Å². The number of aromatic nitrogens is 4. The SMILES string of the molecule is Cn1nc2c(c1S(=O)(=O)NCCc1nn(C)c3ccccc13)CCCC2. The van der Waals surface area contributed by atoms with Crippen molar-refractivity contribution < 1.29 is 8.42 Å². The van der Waals surface area contributed by atoms with Gasteiger partial charge in [0.15, 0.2) is 5.03 Å². The number of para-hydroxylation sites is 1. The molecule has 1 aromatic carbocycles. The van der Waals surface area contributed by atoms with Crippen molar-refractivity contribution in [2.45, 2.75) is 37.1 Å². The third kappa shape index (κ3) is 2.93. The largest absolute Gasteiger partial charge is 0.268 e. The fourth-order valence-electron chi connectivity index (χ4n) is 3.83. The van der Waals surface area contributed by atoms with Gasteiger partial charge in [-0.05, 0) is 31.7 Å². The monoisotopic (exact) mass is 373 g/mol. The molecule has 4 rings (SSSR count). The van der Waals surface area contributed by atoms with Crippen molar-refractivity contribution in [3.63, 3.8) is 0 Å². The van der Waals surface area contributed by atoms with E-state index in [9.17, 15) is 8.42 Å². The third-order valence-corrected chi connectivity index (χ3v) is 6.61. The molecule has 0 amide bonds. The van der Waals surface area contributed by atoms with Gasteiger partial charge in [-0.3, -0.25) is 9.36 Å². The van der Waals surface area contributed by atoms with Gasteiger partial charge in [0.25, 0.3) is 10.0 Å². The zero-order valence-corrected chi connectivity index (χ0v) is 15.9. The van der Waals surface area contributed by atoms with E-state index in [0.29, 0.717) is 18.0 Å². The van der Waals surface area contributed by atoms with Crippen molar-refractivity contribution in [3.05, 3.63) is 41.2 Å². The number of fused-ring (bicyclic) bond motifs is 2. The molecule has 8 heteroatoms. The fourth-order valence-corrected chi connectivity index (χ4v) is 5.27. The quantitative estimate of drug-likeness (QED) is 0.738. The maximum Gasteiger partial charge on any atom is 0.258 e. The molecule has 0 aliphatic heterocycles. The van der Waals surface area contributed by atoms with Crippen LogP contribution in [0.15, 0.2) is 29.3 Å². The van der Waals surface area contributed by atoms with E-state index in [1.807, 2.05) is 36.0 Å². The lowest BCUT2D eigenvalue weighted by Gasteiger charge is -2.12. The molecule has 0 fully saturated rings. The van der Waals surface area contributed by atoms with E-state index in [4.69, 9.17) is 0 Å². The summed E-state index contributed by atoms with van der Waals surface area (Å²) in [4.78, 5) is 0. The summed E-state index contributed by atoms with van der Waals surface area (Å²) in [6.07, 6.45) is 4.27. The Balaban J connectivity index is 1.53. The average Bonchev–Trinajstić information content (AvgIpc) is 3.12. The summed E-state index contributed by atoms with van der Waals surface area (Å²) in [7, 11) is 0.0184. The van der Waals surface area contributed by atoms with Gasteiger partial charge in [0.2, 0.25) is 0 Å². The molecule has 0 radical (unpaired) electrons. The lowest BCUT2D eigenvalue weighted by atomic mass is 9.99. The molecule has 2 heterocycles. The molecule has 1 aliphatic rings. The van der Waals surface area contributed by atoms with E-state index in [1.54, 1.807) is 7.05 Å². The minimum Gasteiger partial charge on any atom is -0.268 e. The van der Waals surface area contributed by atoms with Gasteiger partial charge in [0.05, 0.1) is 16.9 Å². The maximum atomic E-state index is 12.8. The number of hydrogen-bond donors (Lipinski definition) is 1. The van der Waals surface area contributed by atoms with Crippen LogP contribution in [-0.2, 0) is 43.4 Å². The summed E-state index contributed by atoms with van der Waals surface area (Å²) in [5.41, 5.74) is 3.76.